The molecule has 0 aliphatic rings. The zero-order valence-electron chi connectivity index (χ0n) is 15.8. The van der Waals surface area contributed by atoms with Gasteiger partial charge in [-0.25, -0.2) is 4.98 Å². The molecule has 0 amide bonds. The van der Waals surface area contributed by atoms with Gasteiger partial charge in [0.05, 0.1) is 9.85 Å². The topological polar surface area (TPSA) is 130 Å². The Balaban J connectivity index is 1.91. The summed E-state index contributed by atoms with van der Waals surface area (Å²) in [5.74, 6) is 0. The SMILES string of the molecule is Cc1cn2c(/C=[N+](/[O-])c3ccc([N+](=O)[O-])cc3[N+](=O)[O-])c(-c3ccc(Cl)cc3)nc2s1. The summed E-state index contributed by atoms with van der Waals surface area (Å²) in [5.41, 5.74) is 0.120. The van der Waals surface area contributed by atoms with Crippen LogP contribution in [0.2, 0.25) is 5.02 Å². The maximum atomic E-state index is 12.9. The highest BCUT2D eigenvalue weighted by atomic mass is 35.5. The maximum Gasteiger partial charge on any atom is 0.348 e. The second-order valence-corrected chi connectivity index (χ2v) is 8.14. The van der Waals surface area contributed by atoms with Crippen molar-refractivity contribution in [3.63, 3.8) is 0 Å². The highest BCUT2D eigenvalue weighted by Gasteiger charge is 2.26. The van der Waals surface area contributed by atoms with Crippen molar-refractivity contribution in [2.45, 2.75) is 6.92 Å². The Bertz CT molecular complexity index is 1380. The van der Waals surface area contributed by atoms with Crippen LogP contribution in [0.1, 0.15) is 10.6 Å². The molecule has 2 heterocycles. The first-order valence-electron chi connectivity index (χ1n) is 8.73. The van der Waals surface area contributed by atoms with E-state index in [0.717, 1.165) is 23.1 Å². The predicted octanol–water partition coefficient (Wildman–Crippen LogP) is 5.10. The molecule has 4 aromatic rings. The van der Waals surface area contributed by atoms with Gasteiger partial charge >= 0.3 is 5.69 Å². The normalized spacial score (nSPS) is 11.7. The van der Waals surface area contributed by atoms with Crippen molar-refractivity contribution in [2.24, 2.45) is 0 Å². The molecule has 4 rings (SSSR count). The van der Waals surface area contributed by atoms with E-state index in [-0.39, 0.29) is 5.69 Å². The van der Waals surface area contributed by atoms with Crippen LogP contribution in [-0.2, 0) is 0 Å². The van der Waals surface area contributed by atoms with E-state index in [1.807, 2.05) is 6.92 Å². The van der Waals surface area contributed by atoms with Gasteiger partial charge in [-0.15, -0.1) is 11.3 Å². The van der Waals surface area contributed by atoms with E-state index in [2.05, 4.69) is 4.98 Å². The van der Waals surface area contributed by atoms with Crippen LogP contribution in [0.5, 0.6) is 0 Å². The van der Waals surface area contributed by atoms with Gasteiger partial charge in [0.2, 0.25) is 6.21 Å². The molecule has 0 saturated heterocycles. The van der Waals surface area contributed by atoms with E-state index < -0.39 is 21.2 Å². The summed E-state index contributed by atoms with van der Waals surface area (Å²) in [5, 5.41) is 35.8. The quantitative estimate of drug-likeness (QED) is 0.135. The molecule has 0 bridgehead atoms. The van der Waals surface area contributed by atoms with E-state index in [1.54, 1.807) is 34.9 Å². The summed E-state index contributed by atoms with van der Waals surface area (Å²) in [6.45, 7) is 1.89. The molecule has 2 aromatic carbocycles. The van der Waals surface area contributed by atoms with Crippen molar-refractivity contribution in [1.29, 1.82) is 0 Å². The summed E-state index contributed by atoms with van der Waals surface area (Å²) in [6.07, 6.45) is 2.97. The van der Waals surface area contributed by atoms with Gasteiger partial charge < -0.3 is 5.21 Å². The monoisotopic (exact) mass is 457 g/mol. The highest BCUT2D eigenvalue weighted by molar-refractivity contribution is 7.17. The van der Waals surface area contributed by atoms with Gasteiger partial charge in [-0.3, -0.25) is 24.6 Å². The van der Waals surface area contributed by atoms with Crippen LogP contribution in [0, 0.1) is 32.4 Å². The largest absolute Gasteiger partial charge is 0.618 e. The highest BCUT2D eigenvalue weighted by Crippen LogP contribution is 2.32. The number of fused-ring (bicyclic) bond motifs is 1. The summed E-state index contributed by atoms with van der Waals surface area (Å²) in [7, 11) is 0. The second-order valence-electron chi connectivity index (χ2n) is 6.49. The number of benzene rings is 2. The summed E-state index contributed by atoms with van der Waals surface area (Å²) >= 11 is 7.39. The minimum Gasteiger partial charge on any atom is -0.618 e. The van der Waals surface area contributed by atoms with Gasteiger partial charge in [-0.2, -0.15) is 4.74 Å². The Morgan fingerprint density at radius 3 is 2.39 bits per heavy atom. The van der Waals surface area contributed by atoms with Gasteiger partial charge in [0, 0.05) is 33.8 Å². The molecule has 2 aromatic heterocycles. The van der Waals surface area contributed by atoms with Gasteiger partial charge in [0.1, 0.15) is 17.5 Å². The number of non-ortho nitro benzene ring substituents is 1. The number of nitro groups is 2. The molecule has 12 heteroatoms. The van der Waals surface area contributed by atoms with Crippen LogP contribution in [-0.4, -0.2) is 30.2 Å². The number of nitro benzene ring substituents is 2. The molecule has 0 unspecified atom stereocenters. The van der Waals surface area contributed by atoms with E-state index in [0.29, 0.717) is 31.7 Å². The lowest BCUT2D eigenvalue weighted by Gasteiger charge is -2.05. The number of aromatic nitrogens is 2. The predicted molar refractivity (Wildman–Crippen MR) is 116 cm³/mol. The number of imidazole rings is 1. The number of rotatable bonds is 5. The van der Waals surface area contributed by atoms with Crippen LogP contribution in [0.3, 0.4) is 0 Å². The van der Waals surface area contributed by atoms with Gasteiger partial charge in [-0.1, -0.05) is 23.7 Å². The van der Waals surface area contributed by atoms with Crippen molar-refractivity contribution in [3.8, 4) is 11.3 Å². The Labute approximate surface area is 183 Å². The van der Waals surface area contributed by atoms with E-state index in [4.69, 9.17) is 11.6 Å². The molecule has 0 spiro atoms. The third-order valence-corrected chi connectivity index (χ3v) is 5.59. The van der Waals surface area contributed by atoms with E-state index >= 15 is 0 Å². The molecule has 0 aliphatic heterocycles. The standard InChI is InChI=1S/C19H12ClN5O5S/c1-11-9-22-17(18(21-19(22)31-11)12-2-4-13(20)5-3-12)10-23(26)15-7-6-14(24(27)28)8-16(15)25(29)30/h2-10H,1H3/b23-10+. The lowest BCUT2D eigenvalue weighted by Crippen LogP contribution is -2.05. The van der Waals surface area contributed by atoms with E-state index in [9.17, 15) is 25.4 Å². The molecular weight excluding hydrogens is 446 g/mol. The minimum absolute atomic E-state index is 0.317. The molecule has 0 atom stereocenters. The molecule has 0 N–H and O–H groups in total. The number of hydrogen-bond acceptors (Lipinski definition) is 7. The second kappa shape index (κ2) is 7.78. The third-order valence-electron chi connectivity index (χ3n) is 4.44. The number of halogens is 1. The zero-order chi connectivity index (χ0) is 22.3. The molecule has 0 aliphatic carbocycles. The van der Waals surface area contributed by atoms with Gasteiger partial charge in [-0.05, 0) is 19.1 Å². The number of nitrogens with zero attached hydrogens (tertiary/aromatic N) is 5. The molecule has 0 fully saturated rings. The van der Waals surface area contributed by atoms with Gasteiger partial charge in [0.15, 0.2) is 4.96 Å². The first-order chi connectivity index (χ1) is 14.7. The molecule has 0 radical (unpaired) electrons. The minimum atomic E-state index is -0.831. The lowest BCUT2D eigenvalue weighted by molar-refractivity contribution is -0.413. The third kappa shape index (κ3) is 3.83. The number of aryl methyl sites for hydroxylation is 1. The average molecular weight is 458 g/mol. The number of hydrogen-bond donors (Lipinski definition) is 0. The molecule has 0 saturated carbocycles. The Morgan fingerprint density at radius 1 is 1.03 bits per heavy atom. The number of thiazole rings is 1. The first kappa shape index (κ1) is 20.4. The fourth-order valence-electron chi connectivity index (χ4n) is 3.05. The van der Waals surface area contributed by atoms with Crippen LogP contribution in [0.25, 0.3) is 16.2 Å². The zero-order valence-corrected chi connectivity index (χ0v) is 17.3. The summed E-state index contributed by atoms with van der Waals surface area (Å²) < 4.78 is 2.03. The Morgan fingerprint density at radius 2 is 1.74 bits per heavy atom. The van der Waals surface area contributed by atoms with Crippen molar-refractivity contribution in [3.05, 3.63) is 89.7 Å². The summed E-state index contributed by atoms with van der Waals surface area (Å²) in [6, 6.07) is 9.74. The fourth-order valence-corrected chi connectivity index (χ4v) is 4.01. The Kier molecular flexibility index (Phi) is 5.13. The van der Waals surface area contributed by atoms with Crippen LogP contribution < -0.4 is 0 Å². The van der Waals surface area contributed by atoms with Gasteiger partial charge in [0.25, 0.3) is 11.4 Å². The molecule has 31 heavy (non-hydrogen) atoms. The van der Waals surface area contributed by atoms with Crippen molar-refractivity contribution in [2.75, 3.05) is 0 Å². The van der Waals surface area contributed by atoms with Crippen LogP contribution >= 0.6 is 22.9 Å². The maximum absolute atomic E-state index is 12.9. The van der Waals surface area contributed by atoms with Crippen LogP contribution in [0.4, 0.5) is 17.1 Å². The van der Waals surface area contributed by atoms with Crippen molar-refractivity contribution >= 4 is 51.2 Å². The van der Waals surface area contributed by atoms with Crippen LogP contribution in [0.15, 0.2) is 48.7 Å². The lowest BCUT2D eigenvalue weighted by atomic mass is 10.1. The summed E-state index contributed by atoms with van der Waals surface area (Å²) in [4.78, 5) is 27.0. The van der Waals surface area contributed by atoms with Crippen molar-refractivity contribution in [1.82, 2.24) is 9.38 Å². The first-order valence-corrected chi connectivity index (χ1v) is 9.92. The fraction of sp³-hybridized carbons (Fsp3) is 0.0526. The molecule has 156 valence electrons. The van der Waals surface area contributed by atoms with E-state index in [1.165, 1.54) is 17.6 Å². The average Bonchev–Trinajstić information content (AvgIpc) is 3.24. The molecule has 10 nitrogen and oxygen atoms in total. The smallest absolute Gasteiger partial charge is 0.348 e. The molecular formula is C19H12ClN5O5S. The van der Waals surface area contributed by atoms with Crippen molar-refractivity contribution < 1.29 is 14.6 Å². The Hall–Kier alpha value is -3.83.